The van der Waals surface area contributed by atoms with Crippen molar-refractivity contribution in [2.75, 3.05) is 67.1 Å². The molecule has 0 bridgehead atoms. The minimum Gasteiger partial charge on any atom is -0.439 e. The molecule has 3 aliphatic heterocycles. The zero-order valence-electron chi connectivity index (χ0n) is 57.3. The number of likely N-dealkylation sites (tertiary alicyclic amines) is 3. The fourth-order valence-corrected chi connectivity index (χ4v) is 13.3. The van der Waals surface area contributed by atoms with Gasteiger partial charge in [0, 0.05) is 68.0 Å². The van der Waals surface area contributed by atoms with Gasteiger partial charge in [-0.15, -0.1) is 11.3 Å². The number of amides is 5. The molecule has 3 aliphatic rings. The number of nitrogens with two attached hydrogens (primary N) is 3. The summed E-state index contributed by atoms with van der Waals surface area (Å²) in [6.45, 7) is 7.30. The van der Waals surface area contributed by atoms with Crippen LogP contribution in [-0.2, 0) is 14.4 Å². The highest BCUT2D eigenvalue weighted by Gasteiger charge is 2.35. The first-order valence-electron chi connectivity index (χ1n) is 33.1. The number of ether oxygens (including phenoxy) is 1. The molecule has 0 saturated carbocycles. The smallest absolute Gasteiger partial charge is 0.335 e. The van der Waals surface area contributed by atoms with Crippen LogP contribution in [0, 0.1) is 46.9 Å². The second kappa shape index (κ2) is 30.9. The van der Waals surface area contributed by atoms with Gasteiger partial charge in [-0.05, 0) is 137 Å². The molecule has 12 aromatic rings. The van der Waals surface area contributed by atoms with Gasteiger partial charge in [0.2, 0.25) is 5.88 Å². The van der Waals surface area contributed by atoms with Gasteiger partial charge in [0.25, 0.3) is 29.5 Å². The van der Waals surface area contributed by atoms with E-state index in [-0.39, 0.29) is 87.8 Å². The Labute approximate surface area is 610 Å². The minimum absolute atomic E-state index is 0.124. The fourth-order valence-electron chi connectivity index (χ4n) is 12.8. The molecular weight excluding hydrogens is 1390 g/mol. The molecule has 15 rings (SSSR count). The predicted octanol–water partition coefficient (Wildman–Crippen LogP) is 5.30. The van der Waals surface area contributed by atoms with E-state index >= 15 is 0 Å². The molecule has 5 amide bonds. The van der Waals surface area contributed by atoms with Crippen molar-refractivity contribution in [1.82, 2.24) is 87.0 Å². The van der Waals surface area contributed by atoms with Crippen LogP contribution in [0.4, 0.5) is 28.4 Å². The average Bonchev–Trinajstić information content (AvgIpc) is 1.60. The molecule has 9 aromatic heterocycles. The largest absolute Gasteiger partial charge is 0.439 e. The number of anilines is 5. The van der Waals surface area contributed by atoms with Crippen LogP contribution in [0.5, 0.6) is 11.6 Å². The van der Waals surface area contributed by atoms with Gasteiger partial charge in [0.1, 0.15) is 58.9 Å². The summed E-state index contributed by atoms with van der Waals surface area (Å²) in [5, 5.41) is 16.6. The van der Waals surface area contributed by atoms with Crippen LogP contribution in [0.3, 0.4) is 0 Å². The van der Waals surface area contributed by atoms with Gasteiger partial charge in [-0.3, -0.25) is 56.7 Å². The van der Waals surface area contributed by atoms with Crippen LogP contribution in [-0.4, -0.2) is 156 Å². The van der Waals surface area contributed by atoms with Gasteiger partial charge in [0.05, 0.1) is 41.4 Å². The SMILES string of the molecule is CC#CC(=O)N1CC[C@@H](n2c(=O)n(-c3ccc(C(=O)Nc4cccc(C#N)n4)cc3)c3c(N)ncnc32)C1.CC#CC(=O)N1CC[C@@H](n2c(=O)n(-c3ccc(C(=O)Nc4nccs4)cc3)c3c(N)ncnc32)C1.CC#CC(=O)N1CC[C@@H](n2c(=O)n(-c3ccc(Oc4ccccc4)nc3)c3c(N)ncnc32)C1. The standard InChI is InChI=1S/C26H21N9O3.C24H21N7O3.C23H20N8O3S/c1-2-4-21(36)33-12-11-19(14-33)35-24-22(23(28)29-15-30-24)34(26(35)38)18-9-7-16(8-10-18)25(37)32-20-6-3-5-17(13-27)31-20;1-2-6-20(32)29-12-11-17(14-29)31-23-21(22(25)27-15-28-23)30(24(31)33)16-9-10-19(26-13-16)34-18-7-4-3-5-8-18;1-2-3-17(32)29-10-8-16(12-29)31-20-18(19(24)26-13-27-20)30(23(31)34)15-6-4-14(5-7-15)21(33)28-22-25-9-11-35-22/h3,5-10,15,19H,11-12,14H2,1H3,(H2,28,29,30)(H,31,32,37);3-5,7-10,13,15,17H,11-12,14H2,1H3,(H2,25,27,28);4-7,9,11,13,16H,8,10,12H2,1H3,(H2,24,26,27)(H,25,28,33)/t19-;17-;16-/m111/s1. The summed E-state index contributed by atoms with van der Waals surface area (Å²) < 4.78 is 14.7. The molecule has 8 N–H and O–H groups in total. The van der Waals surface area contributed by atoms with Gasteiger partial charge in [-0.1, -0.05) is 42.0 Å². The lowest BCUT2D eigenvalue weighted by atomic mass is 10.2. The maximum Gasteiger partial charge on any atom is 0.335 e. The zero-order valence-corrected chi connectivity index (χ0v) is 58.1. The van der Waals surface area contributed by atoms with E-state index in [0.29, 0.717) is 137 Å². The molecule has 12 heterocycles. The second-order valence-electron chi connectivity index (χ2n) is 24.1. The van der Waals surface area contributed by atoms with Crippen molar-refractivity contribution in [3.8, 4) is 70.3 Å². The second-order valence-corrected chi connectivity index (χ2v) is 25.0. The Bertz CT molecular complexity index is 5910. The highest BCUT2D eigenvalue weighted by Crippen LogP contribution is 2.32. The maximum atomic E-state index is 13.7. The number of imidazole rings is 3. The number of para-hydroxylation sites is 1. The number of carbonyl (C=O) groups excluding carboxylic acids is 5. The van der Waals surface area contributed by atoms with E-state index in [9.17, 15) is 38.4 Å². The van der Waals surface area contributed by atoms with Crippen LogP contribution < -0.4 is 49.6 Å². The van der Waals surface area contributed by atoms with Gasteiger partial charge < -0.3 is 42.0 Å². The summed E-state index contributed by atoms with van der Waals surface area (Å²) in [5.74, 6) is 15.7. The monoisotopic (exact) mass is 1450 g/mol. The molecule has 34 heteroatoms. The van der Waals surface area contributed by atoms with Crippen molar-refractivity contribution in [2.24, 2.45) is 0 Å². The topological polar surface area (TPSA) is 427 Å². The van der Waals surface area contributed by atoms with Crippen molar-refractivity contribution in [1.29, 1.82) is 5.26 Å². The molecule has 3 atom stereocenters. The van der Waals surface area contributed by atoms with Gasteiger partial charge in [-0.25, -0.2) is 59.2 Å². The first kappa shape index (κ1) is 70.8. The van der Waals surface area contributed by atoms with Crippen molar-refractivity contribution < 1.29 is 28.7 Å². The van der Waals surface area contributed by atoms with Crippen LogP contribution >= 0.6 is 11.3 Å². The Morgan fingerprint density at radius 3 is 1.34 bits per heavy atom. The number of carbonyl (C=O) groups is 5. The molecule has 33 nitrogen and oxygen atoms in total. The third-order valence-electron chi connectivity index (χ3n) is 17.7. The van der Waals surface area contributed by atoms with E-state index in [1.165, 1.54) is 60.9 Å². The third-order valence-corrected chi connectivity index (χ3v) is 18.4. The Morgan fingerprint density at radius 2 is 0.935 bits per heavy atom. The van der Waals surface area contributed by atoms with E-state index in [1.54, 1.807) is 129 Å². The molecule has 0 unspecified atom stereocenters. The van der Waals surface area contributed by atoms with Gasteiger partial charge >= 0.3 is 17.1 Å². The summed E-state index contributed by atoms with van der Waals surface area (Å²) in [6.07, 6.45) is 8.81. The molecule has 0 spiro atoms. The Hall–Kier alpha value is -14.6. The number of rotatable bonds is 12. The van der Waals surface area contributed by atoms with Crippen molar-refractivity contribution in [3.05, 3.63) is 194 Å². The summed E-state index contributed by atoms with van der Waals surface area (Å²) in [5.41, 5.74) is 22.1. The van der Waals surface area contributed by atoms with E-state index < -0.39 is 5.91 Å². The number of nitrogens with zero attached hydrogens (tertiary/aromatic N) is 19. The number of aromatic nitrogens is 15. The number of pyridine rings is 2. The van der Waals surface area contributed by atoms with Crippen molar-refractivity contribution >= 4 is 103 Å². The molecule has 0 radical (unpaired) electrons. The van der Waals surface area contributed by atoms with Crippen LogP contribution in [0.25, 0.3) is 50.6 Å². The van der Waals surface area contributed by atoms with Gasteiger partial charge in [-0.2, -0.15) is 5.26 Å². The zero-order chi connectivity index (χ0) is 75.0. The van der Waals surface area contributed by atoms with E-state index in [4.69, 9.17) is 27.2 Å². The lowest BCUT2D eigenvalue weighted by Gasteiger charge is -2.14. The maximum absolute atomic E-state index is 13.7. The number of nitrogen functional groups attached to an aromatic ring is 3. The van der Waals surface area contributed by atoms with Gasteiger partial charge in [0.15, 0.2) is 39.5 Å². The summed E-state index contributed by atoms with van der Waals surface area (Å²) in [7, 11) is 0. The predicted molar refractivity (Wildman–Crippen MR) is 395 cm³/mol. The number of nitriles is 1. The number of fused-ring (bicyclic) bond motifs is 3. The number of hydrogen-bond acceptors (Lipinski definition) is 23. The van der Waals surface area contributed by atoms with Crippen molar-refractivity contribution in [3.63, 3.8) is 0 Å². The normalized spacial score (nSPS) is 14.9. The lowest BCUT2D eigenvalue weighted by Crippen LogP contribution is -2.31. The average molecular weight is 1450 g/mol. The highest BCUT2D eigenvalue weighted by molar-refractivity contribution is 7.13. The number of benzene rings is 3. The number of thiazole rings is 1. The van der Waals surface area contributed by atoms with Crippen LogP contribution in [0.15, 0.2) is 160 Å². The van der Waals surface area contributed by atoms with E-state index in [1.807, 2.05) is 36.4 Å². The fraction of sp³-hybridized carbons (Fsp3) is 0.205. The quantitative estimate of drug-likeness (QED) is 0.0969. The molecule has 3 aromatic carbocycles. The van der Waals surface area contributed by atoms with Crippen LogP contribution in [0.1, 0.15) is 84.6 Å². The molecule has 107 heavy (non-hydrogen) atoms. The lowest BCUT2D eigenvalue weighted by molar-refractivity contribution is -0.125. The number of nitrogens with one attached hydrogen (secondary N) is 2. The third kappa shape index (κ3) is 14.5. The summed E-state index contributed by atoms with van der Waals surface area (Å²) >= 11 is 1.32. The molecule has 534 valence electrons. The van der Waals surface area contributed by atoms with E-state index in [2.05, 4.69) is 91.0 Å². The van der Waals surface area contributed by atoms with E-state index in [0.717, 1.165) is 0 Å². The Balaban J connectivity index is 0.000000142. The molecule has 0 aliphatic carbocycles. The molecule has 3 fully saturated rings. The molecule has 3 saturated heterocycles. The van der Waals surface area contributed by atoms with Crippen LogP contribution in [0.2, 0.25) is 0 Å². The summed E-state index contributed by atoms with van der Waals surface area (Å²) in [4.78, 5) is 145. The summed E-state index contributed by atoms with van der Waals surface area (Å²) in [6, 6.07) is 31.4. The first-order chi connectivity index (χ1) is 51.9. The minimum atomic E-state index is -0.428. The molecular formula is C73H62N24O9S. The highest BCUT2D eigenvalue weighted by atomic mass is 32.1. The number of hydrogen-bond donors (Lipinski definition) is 5. The van der Waals surface area contributed by atoms with Crippen molar-refractivity contribution in [2.45, 2.75) is 58.2 Å². The Morgan fingerprint density at radius 1 is 0.505 bits per heavy atom. The Kier molecular flexibility index (Phi) is 20.4. The first-order valence-corrected chi connectivity index (χ1v) is 34.0.